The lowest BCUT2D eigenvalue weighted by Gasteiger charge is -2.32. The third-order valence-electron chi connectivity index (χ3n) is 11.2. The Bertz CT molecular complexity index is 2460. The second kappa shape index (κ2) is 25.3. The minimum atomic E-state index is -1.11. The molecule has 2 atom stereocenters. The first-order valence-corrected chi connectivity index (χ1v) is 22.2. The second-order valence-electron chi connectivity index (χ2n) is 17.3. The number of rotatable bonds is 18. The molecule has 2 aliphatic heterocycles. The van der Waals surface area contributed by atoms with Crippen LogP contribution >= 0.6 is 12.4 Å². The molecule has 2 N–H and O–H groups in total. The molecule has 0 saturated carbocycles. The van der Waals surface area contributed by atoms with Crippen molar-refractivity contribution in [1.29, 1.82) is 0 Å². The van der Waals surface area contributed by atoms with Crippen LogP contribution in [0.3, 0.4) is 0 Å². The fraction of sp³-hybridized carbons (Fsp3) is 0.420. The summed E-state index contributed by atoms with van der Waals surface area (Å²) in [7, 11) is 4.21. The van der Waals surface area contributed by atoms with Gasteiger partial charge in [0.25, 0.3) is 5.91 Å². The second-order valence-corrected chi connectivity index (χ2v) is 17.3. The Balaban J connectivity index is 0.000000304. The van der Waals surface area contributed by atoms with E-state index in [-0.39, 0.29) is 31.2 Å². The minimum Gasteiger partial charge on any atom is -0.494 e. The summed E-state index contributed by atoms with van der Waals surface area (Å²) in [5, 5.41) is 11.7. The number of fused-ring (bicyclic) bond motifs is 2. The highest BCUT2D eigenvalue weighted by Crippen LogP contribution is 2.34. The van der Waals surface area contributed by atoms with Gasteiger partial charge in [0, 0.05) is 43.6 Å². The molecule has 2 aliphatic rings. The van der Waals surface area contributed by atoms with Crippen LogP contribution in [0.2, 0.25) is 0 Å². The quantitative estimate of drug-likeness (QED) is 0.0564. The Morgan fingerprint density at radius 3 is 1.62 bits per heavy atom. The van der Waals surface area contributed by atoms with Gasteiger partial charge in [0.05, 0.1) is 39.2 Å². The number of aryl methyl sites for hydroxylation is 2. The number of carboxylic acids is 1. The van der Waals surface area contributed by atoms with Crippen molar-refractivity contribution in [3.8, 4) is 11.5 Å². The molecule has 0 unspecified atom stereocenters. The molecule has 0 aromatic heterocycles. The number of halogens is 5. The van der Waals surface area contributed by atoms with E-state index < -0.39 is 64.9 Å². The molecule has 4 aromatic rings. The Labute approximate surface area is 405 Å². The van der Waals surface area contributed by atoms with Crippen LogP contribution in [0, 0.1) is 23.3 Å². The Kier molecular flexibility index (Phi) is 20.2. The van der Waals surface area contributed by atoms with E-state index in [0.29, 0.717) is 93.1 Å². The molecular weight excluding hydrogens is 928 g/mol. The van der Waals surface area contributed by atoms with E-state index in [2.05, 4.69) is 5.32 Å². The number of ether oxygens (including phenoxy) is 4. The maximum absolute atomic E-state index is 13.8. The van der Waals surface area contributed by atoms with Crippen molar-refractivity contribution in [2.45, 2.75) is 89.8 Å². The zero-order valence-electron chi connectivity index (χ0n) is 39.5. The number of anilines is 2. The lowest BCUT2D eigenvalue weighted by Crippen LogP contribution is -2.51. The zero-order valence-corrected chi connectivity index (χ0v) is 40.3. The monoisotopic (exact) mass is 986 g/mol. The number of nitrogens with one attached hydrogen (secondary N) is 1. The smallest absolute Gasteiger partial charge is 0.410 e. The number of carbonyl (C=O) groups is 5. The number of carboxylic acid groups (broad SMARTS) is 1. The van der Waals surface area contributed by atoms with Crippen molar-refractivity contribution in [2.24, 2.45) is 0 Å². The molecule has 14 nitrogen and oxygen atoms in total. The molecule has 374 valence electrons. The van der Waals surface area contributed by atoms with Crippen molar-refractivity contribution < 1.29 is 65.6 Å². The van der Waals surface area contributed by atoms with Crippen molar-refractivity contribution in [1.82, 2.24) is 10.2 Å². The van der Waals surface area contributed by atoms with Crippen molar-refractivity contribution >= 4 is 53.6 Å². The van der Waals surface area contributed by atoms with E-state index in [0.717, 1.165) is 33.8 Å². The van der Waals surface area contributed by atoms with Gasteiger partial charge in [-0.1, -0.05) is 12.1 Å². The number of aliphatic carboxylic acids is 1. The predicted octanol–water partition coefficient (Wildman–Crippen LogP) is 8.01. The van der Waals surface area contributed by atoms with Crippen LogP contribution in [0.1, 0.15) is 68.7 Å². The highest BCUT2D eigenvalue weighted by Gasteiger charge is 2.38. The van der Waals surface area contributed by atoms with Crippen molar-refractivity contribution in [3.05, 3.63) is 118 Å². The summed E-state index contributed by atoms with van der Waals surface area (Å²) < 4.78 is 75.2. The van der Waals surface area contributed by atoms with Crippen LogP contribution in [0.4, 0.5) is 33.7 Å². The summed E-state index contributed by atoms with van der Waals surface area (Å²) in [5.41, 5.74) is 3.37. The van der Waals surface area contributed by atoms with Gasteiger partial charge in [-0.05, 0) is 137 Å². The molecule has 0 bridgehead atoms. The van der Waals surface area contributed by atoms with Gasteiger partial charge < -0.3 is 39.2 Å². The van der Waals surface area contributed by atoms with E-state index in [4.69, 9.17) is 24.1 Å². The van der Waals surface area contributed by atoms with E-state index >= 15 is 0 Å². The van der Waals surface area contributed by atoms with Gasteiger partial charge >= 0.3 is 18.0 Å². The maximum atomic E-state index is 13.8. The third-order valence-corrected chi connectivity index (χ3v) is 11.2. The number of hydrogen-bond acceptors (Lipinski definition) is 10. The third kappa shape index (κ3) is 15.6. The number of hydrogen-bond donors (Lipinski definition) is 2. The highest BCUT2D eigenvalue weighted by molar-refractivity contribution is 6.02. The number of nitrogens with zero attached hydrogens (tertiary/aromatic N) is 3. The molecule has 0 saturated heterocycles. The summed E-state index contributed by atoms with van der Waals surface area (Å²) >= 11 is 0. The molecule has 0 spiro atoms. The van der Waals surface area contributed by atoms with E-state index in [1.807, 2.05) is 12.1 Å². The average molecular weight is 987 g/mol. The largest absolute Gasteiger partial charge is 0.494 e. The molecule has 0 radical (unpaired) electrons. The van der Waals surface area contributed by atoms with Gasteiger partial charge in [-0.15, -0.1) is 12.4 Å². The molecule has 6 rings (SSSR count). The average Bonchev–Trinajstić information content (AvgIpc) is 3.92. The fourth-order valence-corrected chi connectivity index (χ4v) is 7.70. The van der Waals surface area contributed by atoms with Gasteiger partial charge in [0.1, 0.15) is 46.4 Å². The predicted molar refractivity (Wildman–Crippen MR) is 252 cm³/mol. The number of esters is 1. The Morgan fingerprint density at radius 2 is 1.20 bits per heavy atom. The molecule has 0 aliphatic carbocycles. The van der Waals surface area contributed by atoms with E-state index in [9.17, 15) is 41.5 Å². The summed E-state index contributed by atoms with van der Waals surface area (Å²) in [4.78, 5) is 66.2. The number of likely N-dealkylation sites (N-methyl/N-ethyl adjacent to an activating group) is 2. The van der Waals surface area contributed by atoms with E-state index in [1.54, 1.807) is 61.9 Å². The van der Waals surface area contributed by atoms with Crippen molar-refractivity contribution in [3.63, 3.8) is 0 Å². The SMILES string of the molecule is CN[C@H](CC(=O)O)C(=O)N1CCc2cc(OCCCc3ccc(F)cc3F)ccc21.COC(=O)C[C@H](C(=O)N1CCc2cc(OCCCc3ccc(F)cc3F)ccc21)N(C)C(=O)OC(C)(C)C.Cl. The first-order valence-electron chi connectivity index (χ1n) is 22.2. The highest BCUT2D eigenvalue weighted by atomic mass is 35.5. The van der Waals surface area contributed by atoms with Gasteiger partial charge in [-0.2, -0.15) is 0 Å². The molecule has 19 heteroatoms. The van der Waals surface area contributed by atoms with Gasteiger partial charge in [0.2, 0.25) is 5.91 Å². The number of benzene rings is 4. The first kappa shape index (κ1) is 55.2. The summed E-state index contributed by atoms with van der Waals surface area (Å²) in [6, 6.07) is 15.9. The molecule has 0 fully saturated rings. The lowest BCUT2D eigenvalue weighted by atomic mass is 10.1. The van der Waals surface area contributed by atoms with Crippen LogP contribution in [0.25, 0.3) is 0 Å². The Hall–Kier alpha value is -6.40. The normalized spacial score (nSPS) is 13.4. The summed E-state index contributed by atoms with van der Waals surface area (Å²) in [6.07, 6.45) is 1.87. The van der Waals surface area contributed by atoms with Crippen LogP contribution in [-0.2, 0) is 54.3 Å². The van der Waals surface area contributed by atoms with Gasteiger partial charge in [0.15, 0.2) is 0 Å². The zero-order chi connectivity index (χ0) is 49.7. The molecule has 69 heavy (non-hydrogen) atoms. The number of methoxy groups -OCH3 is 1. The number of carbonyl (C=O) groups excluding carboxylic acids is 4. The summed E-state index contributed by atoms with van der Waals surface area (Å²) in [6.45, 7) is 6.72. The first-order chi connectivity index (χ1) is 32.3. The van der Waals surface area contributed by atoms with Crippen LogP contribution < -0.4 is 24.6 Å². The summed E-state index contributed by atoms with van der Waals surface area (Å²) in [5.74, 6) is -3.42. The number of amides is 3. The maximum Gasteiger partial charge on any atom is 0.410 e. The van der Waals surface area contributed by atoms with Crippen molar-refractivity contribution in [2.75, 3.05) is 57.3 Å². The lowest BCUT2D eigenvalue weighted by molar-refractivity contribution is -0.144. The molecule has 4 aromatic carbocycles. The molecular formula is C50H59ClF4N4O10. The molecule has 3 amide bonds. The minimum absolute atomic E-state index is 0. The van der Waals surface area contributed by atoms with Crippen LogP contribution in [0.5, 0.6) is 11.5 Å². The standard InChI is InChI=1S/C28H34F2N2O6.C22H24F2N2O4.ClH/c1-28(2,3)38-27(35)31(4)24(17-25(33)36-5)26(34)32-13-12-19-15-21(10-11-23(19)32)37-14-6-7-18-8-9-20(29)16-22(18)30;1-25-19(13-21(27)28)22(29)26-9-8-15-11-17(6-7-20(15)26)30-10-2-3-14-4-5-16(23)12-18(14)24;/h8-11,15-16,24H,6-7,12-14,17H2,1-5H3;4-7,11-12,19,25H,2-3,8-10,13H2,1H3,(H,27,28);1H/t24-;19-;/m11./s1. The van der Waals surface area contributed by atoms with E-state index in [1.165, 1.54) is 38.4 Å². The van der Waals surface area contributed by atoms with Gasteiger partial charge in [-0.3, -0.25) is 24.1 Å². The van der Waals surface area contributed by atoms with Gasteiger partial charge in [-0.25, -0.2) is 22.4 Å². The molecule has 2 heterocycles. The topological polar surface area (TPSA) is 164 Å². The fourth-order valence-electron chi connectivity index (χ4n) is 7.70. The van der Waals surface area contributed by atoms with Crippen LogP contribution in [0.15, 0.2) is 72.8 Å². The van der Waals surface area contributed by atoms with Crippen LogP contribution in [-0.4, -0.2) is 105 Å². The Morgan fingerprint density at radius 1 is 0.725 bits per heavy atom.